The fourth-order valence-electron chi connectivity index (χ4n) is 2.06. The van der Waals surface area contributed by atoms with Gasteiger partial charge in [-0.05, 0) is 12.8 Å². The van der Waals surface area contributed by atoms with Gasteiger partial charge in [0.2, 0.25) is 0 Å². The van der Waals surface area contributed by atoms with Crippen LogP contribution in [0.15, 0.2) is 11.2 Å². The average molecular weight is 322 g/mol. The number of alkyl halides is 1. The summed E-state index contributed by atoms with van der Waals surface area (Å²) >= 11 is 3.37. The first-order valence-electron chi connectivity index (χ1n) is 5.71. The van der Waals surface area contributed by atoms with Crippen LogP contribution in [0, 0.1) is 0 Å². The van der Waals surface area contributed by atoms with Crippen LogP contribution >= 0.6 is 15.9 Å². The Morgan fingerprint density at radius 3 is 3.00 bits per heavy atom. The summed E-state index contributed by atoms with van der Waals surface area (Å²) in [5, 5.41) is 0.892. The second-order valence-electron chi connectivity index (χ2n) is 4.11. The van der Waals surface area contributed by atoms with E-state index in [1.807, 2.05) is 6.92 Å². The van der Waals surface area contributed by atoms with Crippen molar-refractivity contribution < 1.29 is 8.42 Å². The van der Waals surface area contributed by atoms with E-state index in [1.54, 1.807) is 4.31 Å². The zero-order chi connectivity index (χ0) is 12.5. The third-order valence-corrected chi connectivity index (χ3v) is 5.64. The van der Waals surface area contributed by atoms with Gasteiger partial charge in [-0.3, -0.25) is 0 Å². The summed E-state index contributed by atoms with van der Waals surface area (Å²) in [5.74, 6) is 0.707. The molecule has 1 aliphatic heterocycles. The third kappa shape index (κ3) is 2.41. The fraction of sp³-hybridized carbons (Fsp3) is 0.700. The second-order valence-corrected chi connectivity index (χ2v) is 6.62. The molecule has 0 amide bonds. The Bertz CT molecular complexity index is 485. The quantitative estimate of drug-likeness (QED) is 0.855. The van der Waals surface area contributed by atoms with Gasteiger partial charge in [0.05, 0.1) is 6.20 Å². The average Bonchev–Trinajstić information content (AvgIpc) is 2.97. The number of aromatic nitrogens is 2. The summed E-state index contributed by atoms with van der Waals surface area (Å²) in [6.07, 6.45) is 3.96. The van der Waals surface area contributed by atoms with Crippen molar-refractivity contribution in [2.45, 2.75) is 37.3 Å². The summed E-state index contributed by atoms with van der Waals surface area (Å²) in [6.45, 7) is 2.53. The van der Waals surface area contributed by atoms with Crippen LogP contribution in [0.2, 0.25) is 0 Å². The monoisotopic (exact) mass is 321 g/mol. The molecule has 0 saturated carbocycles. The van der Waals surface area contributed by atoms with E-state index >= 15 is 0 Å². The number of nitrogens with zero attached hydrogens (tertiary/aromatic N) is 2. The van der Waals surface area contributed by atoms with Gasteiger partial charge < -0.3 is 4.98 Å². The van der Waals surface area contributed by atoms with E-state index in [0.29, 0.717) is 24.1 Å². The van der Waals surface area contributed by atoms with Gasteiger partial charge in [-0.15, -0.1) is 0 Å². The van der Waals surface area contributed by atoms with Crippen molar-refractivity contribution in [2.75, 3.05) is 11.9 Å². The van der Waals surface area contributed by atoms with Crippen molar-refractivity contribution in [1.29, 1.82) is 0 Å². The molecule has 1 unspecified atom stereocenters. The van der Waals surface area contributed by atoms with Crippen LogP contribution in [0.5, 0.6) is 0 Å². The number of nitrogens with one attached hydrogen (secondary N) is 1. The molecule has 1 saturated heterocycles. The normalized spacial score (nSPS) is 22.1. The Balaban J connectivity index is 2.29. The first kappa shape index (κ1) is 13.0. The minimum atomic E-state index is -3.40. The molecule has 1 fully saturated rings. The number of H-pyrrole nitrogens is 1. The number of imidazole rings is 1. The predicted octanol–water partition coefficient (Wildman–Crippen LogP) is 1.52. The number of aromatic amines is 1. The van der Waals surface area contributed by atoms with Gasteiger partial charge in [-0.1, -0.05) is 22.9 Å². The predicted molar refractivity (Wildman–Crippen MR) is 68.7 cm³/mol. The molecule has 7 heteroatoms. The molecule has 1 aliphatic rings. The minimum Gasteiger partial charge on any atom is -0.332 e. The Morgan fingerprint density at radius 2 is 2.41 bits per heavy atom. The zero-order valence-electron chi connectivity index (χ0n) is 9.69. The molecular formula is C10H16BrN3O2S. The summed E-state index contributed by atoms with van der Waals surface area (Å²) in [6, 6.07) is 0.0633. The van der Waals surface area contributed by atoms with Crippen molar-refractivity contribution in [3.05, 3.63) is 12.0 Å². The smallest absolute Gasteiger partial charge is 0.260 e. The molecule has 2 heterocycles. The molecule has 5 nitrogen and oxygen atoms in total. The number of sulfonamides is 1. The van der Waals surface area contributed by atoms with Crippen LogP contribution in [0.3, 0.4) is 0 Å². The van der Waals surface area contributed by atoms with Gasteiger partial charge in [0.25, 0.3) is 10.0 Å². The molecule has 17 heavy (non-hydrogen) atoms. The standard InChI is InChI=1S/C10H16BrN3O2S/c1-2-9-12-7-10(13-9)17(15,16)14-5-3-4-8(14)6-11/h7-8H,2-6H2,1H3,(H,12,13). The Kier molecular flexibility index (Phi) is 3.89. The molecule has 96 valence electrons. The molecule has 0 aliphatic carbocycles. The largest absolute Gasteiger partial charge is 0.332 e. The summed E-state index contributed by atoms with van der Waals surface area (Å²) in [4.78, 5) is 6.92. The summed E-state index contributed by atoms with van der Waals surface area (Å²) < 4.78 is 26.3. The van der Waals surface area contributed by atoms with Crippen LogP contribution in [-0.2, 0) is 16.4 Å². The minimum absolute atomic E-state index is 0.0633. The molecule has 1 aromatic heterocycles. The van der Waals surface area contributed by atoms with Crippen LogP contribution in [-0.4, -0.2) is 40.6 Å². The first-order valence-corrected chi connectivity index (χ1v) is 8.27. The summed E-state index contributed by atoms with van der Waals surface area (Å²) in [5.41, 5.74) is 0. The molecule has 2 rings (SSSR count). The Morgan fingerprint density at radius 1 is 1.65 bits per heavy atom. The molecule has 0 aromatic carbocycles. The van der Waals surface area contributed by atoms with E-state index in [4.69, 9.17) is 0 Å². The van der Waals surface area contributed by atoms with E-state index in [0.717, 1.165) is 12.8 Å². The lowest BCUT2D eigenvalue weighted by Crippen LogP contribution is -2.36. The fourth-order valence-corrected chi connectivity index (χ4v) is 4.55. The lowest BCUT2D eigenvalue weighted by Gasteiger charge is -2.21. The highest BCUT2D eigenvalue weighted by Crippen LogP contribution is 2.26. The topological polar surface area (TPSA) is 66.1 Å². The maximum absolute atomic E-state index is 12.4. The first-order chi connectivity index (χ1) is 8.09. The number of hydrogen-bond acceptors (Lipinski definition) is 3. The van der Waals surface area contributed by atoms with Crippen molar-refractivity contribution in [3.63, 3.8) is 0 Å². The van der Waals surface area contributed by atoms with Crippen molar-refractivity contribution >= 4 is 26.0 Å². The molecule has 1 aromatic rings. The Labute approximate surface area is 110 Å². The molecule has 0 bridgehead atoms. The Hall–Kier alpha value is -0.400. The van der Waals surface area contributed by atoms with E-state index in [1.165, 1.54) is 6.20 Å². The van der Waals surface area contributed by atoms with Crippen LogP contribution < -0.4 is 0 Å². The number of aryl methyl sites for hydroxylation is 1. The highest BCUT2D eigenvalue weighted by Gasteiger charge is 2.35. The number of hydrogen-bond donors (Lipinski definition) is 1. The van der Waals surface area contributed by atoms with E-state index in [9.17, 15) is 8.42 Å². The third-order valence-electron chi connectivity index (χ3n) is 3.03. The van der Waals surface area contributed by atoms with Crippen LogP contribution in [0.4, 0.5) is 0 Å². The lowest BCUT2D eigenvalue weighted by molar-refractivity contribution is 0.412. The second kappa shape index (κ2) is 5.07. The zero-order valence-corrected chi connectivity index (χ0v) is 12.1. The van der Waals surface area contributed by atoms with Gasteiger partial charge in [-0.25, -0.2) is 13.4 Å². The van der Waals surface area contributed by atoms with Gasteiger partial charge in [0, 0.05) is 24.3 Å². The van der Waals surface area contributed by atoms with Gasteiger partial charge in [0.15, 0.2) is 5.03 Å². The van der Waals surface area contributed by atoms with Crippen molar-refractivity contribution in [1.82, 2.24) is 14.3 Å². The SMILES string of the molecule is CCc1ncc(S(=O)(=O)N2CCCC2CBr)[nH]1. The van der Waals surface area contributed by atoms with Crippen molar-refractivity contribution in [3.8, 4) is 0 Å². The van der Waals surface area contributed by atoms with E-state index in [2.05, 4.69) is 25.9 Å². The molecule has 1 atom stereocenters. The van der Waals surface area contributed by atoms with Crippen LogP contribution in [0.25, 0.3) is 0 Å². The maximum Gasteiger partial charge on any atom is 0.260 e. The number of rotatable bonds is 4. The van der Waals surface area contributed by atoms with Gasteiger partial charge in [0.1, 0.15) is 5.82 Å². The molecule has 0 spiro atoms. The molecule has 0 radical (unpaired) electrons. The summed E-state index contributed by atoms with van der Waals surface area (Å²) in [7, 11) is -3.40. The van der Waals surface area contributed by atoms with Crippen molar-refractivity contribution in [2.24, 2.45) is 0 Å². The van der Waals surface area contributed by atoms with Crippen LogP contribution in [0.1, 0.15) is 25.6 Å². The van der Waals surface area contributed by atoms with E-state index in [-0.39, 0.29) is 11.1 Å². The highest BCUT2D eigenvalue weighted by molar-refractivity contribution is 9.09. The van der Waals surface area contributed by atoms with Gasteiger partial charge >= 0.3 is 0 Å². The lowest BCUT2D eigenvalue weighted by atomic mass is 10.3. The highest BCUT2D eigenvalue weighted by atomic mass is 79.9. The number of halogens is 1. The maximum atomic E-state index is 12.4. The van der Waals surface area contributed by atoms with Gasteiger partial charge in [-0.2, -0.15) is 4.31 Å². The van der Waals surface area contributed by atoms with E-state index < -0.39 is 10.0 Å². The molecular weight excluding hydrogens is 306 g/mol. The molecule has 1 N–H and O–H groups in total.